The van der Waals surface area contributed by atoms with Crippen LogP contribution in [0.1, 0.15) is 31.2 Å². The molecule has 1 aliphatic carbocycles. The molecule has 1 saturated carbocycles. The molecule has 5 rings (SSSR count). The van der Waals surface area contributed by atoms with Crippen LogP contribution in [0.2, 0.25) is 0 Å². The zero-order valence-electron chi connectivity index (χ0n) is 15.7. The molecule has 6 heteroatoms. The third kappa shape index (κ3) is 3.38. The summed E-state index contributed by atoms with van der Waals surface area (Å²) in [6.07, 6.45) is 3.26. The molecule has 0 bridgehead atoms. The fourth-order valence-electron chi connectivity index (χ4n) is 4.24. The van der Waals surface area contributed by atoms with Crippen molar-refractivity contribution in [2.75, 3.05) is 19.9 Å². The van der Waals surface area contributed by atoms with Gasteiger partial charge in [-0.05, 0) is 55.5 Å². The van der Waals surface area contributed by atoms with E-state index in [9.17, 15) is 5.11 Å². The number of nitrogens with one attached hydrogen (secondary N) is 1. The summed E-state index contributed by atoms with van der Waals surface area (Å²) in [6, 6.07) is 13.9. The lowest BCUT2D eigenvalue weighted by atomic mass is 9.77. The fraction of sp³-hybridized carbons (Fsp3) is 0.455. The molecule has 0 unspecified atom stereocenters. The molecule has 28 heavy (non-hydrogen) atoms. The zero-order valence-corrected chi connectivity index (χ0v) is 15.7. The molecule has 1 fully saturated rings. The number of rotatable bonds is 4. The maximum absolute atomic E-state index is 11.1. The summed E-state index contributed by atoms with van der Waals surface area (Å²) in [5.74, 6) is 3.09. The van der Waals surface area contributed by atoms with Gasteiger partial charge in [0.25, 0.3) is 0 Å². The molecule has 0 spiro atoms. The first-order valence-corrected chi connectivity index (χ1v) is 9.94. The molecule has 2 aliphatic heterocycles. The molecule has 0 saturated heterocycles. The van der Waals surface area contributed by atoms with Crippen molar-refractivity contribution >= 4 is 0 Å². The lowest BCUT2D eigenvalue weighted by Crippen LogP contribution is -2.45. The first kappa shape index (κ1) is 17.6. The maximum Gasteiger partial charge on any atom is 0.231 e. The van der Waals surface area contributed by atoms with Crippen LogP contribution in [0.5, 0.6) is 23.0 Å². The number of ether oxygens (including phenoxy) is 4. The monoisotopic (exact) mass is 383 g/mol. The van der Waals surface area contributed by atoms with Gasteiger partial charge < -0.3 is 29.4 Å². The molecule has 0 aromatic heterocycles. The summed E-state index contributed by atoms with van der Waals surface area (Å²) in [5.41, 5.74) is 0.110. The summed E-state index contributed by atoms with van der Waals surface area (Å²) < 4.78 is 22.6. The predicted molar refractivity (Wildman–Crippen MR) is 103 cm³/mol. The van der Waals surface area contributed by atoms with Crippen LogP contribution in [0.25, 0.3) is 0 Å². The molecule has 0 amide bonds. The molecule has 2 aromatic carbocycles. The lowest BCUT2D eigenvalue weighted by molar-refractivity contribution is -0.00998. The van der Waals surface area contributed by atoms with E-state index >= 15 is 0 Å². The number of aliphatic hydroxyl groups is 1. The van der Waals surface area contributed by atoms with Crippen LogP contribution in [0.3, 0.4) is 0 Å². The van der Waals surface area contributed by atoms with Crippen molar-refractivity contribution in [2.24, 2.45) is 0 Å². The number of hydrogen-bond acceptors (Lipinski definition) is 6. The van der Waals surface area contributed by atoms with E-state index in [4.69, 9.17) is 18.9 Å². The van der Waals surface area contributed by atoms with E-state index < -0.39 is 5.60 Å². The van der Waals surface area contributed by atoms with E-state index in [0.717, 1.165) is 60.8 Å². The molecule has 148 valence electrons. The summed E-state index contributed by atoms with van der Waals surface area (Å²) in [5, 5.41) is 14.7. The molecule has 2 aromatic rings. The minimum absolute atomic E-state index is 0.00423. The highest BCUT2D eigenvalue weighted by Crippen LogP contribution is 2.41. The van der Waals surface area contributed by atoms with Crippen molar-refractivity contribution in [1.29, 1.82) is 0 Å². The summed E-state index contributed by atoms with van der Waals surface area (Å²) in [4.78, 5) is 0. The minimum atomic E-state index is -0.803. The van der Waals surface area contributed by atoms with Gasteiger partial charge in [0.2, 0.25) is 6.79 Å². The van der Waals surface area contributed by atoms with E-state index in [2.05, 4.69) is 5.32 Å². The van der Waals surface area contributed by atoms with Gasteiger partial charge >= 0.3 is 0 Å². The van der Waals surface area contributed by atoms with Crippen molar-refractivity contribution < 1.29 is 24.1 Å². The quantitative estimate of drug-likeness (QED) is 0.846. The first-order chi connectivity index (χ1) is 13.7. The number of hydrogen-bond donors (Lipinski definition) is 2. The van der Waals surface area contributed by atoms with E-state index in [1.807, 2.05) is 42.5 Å². The van der Waals surface area contributed by atoms with Gasteiger partial charge in [0, 0.05) is 12.6 Å². The van der Waals surface area contributed by atoms with Crippen LogP contribution in [0, 0.1) is 0 Å². The van der Waals surface area contributed by atoms with Crippen molar-refractivity contribution in [1.82, 2.24) is 5.32 Å². The van der Waals surface area contributed by atoms with Gasteiger partial charge in [-0.15, -0.1) is 0 Å². The van der Waals surface area contributed by atoms with E-state index in [1.54, 1.807) is 0 Å². The third-order valence-electron chi connectivity index (χ3n) is 5.92. The Morgan fingerprint density at radius 3 is 2.54 bits per heavy atom. The van der Waals surface area contributed by atoms with Gasteiger partial charge in [0.05, 0.1) is 5.60 Å². The standard InChI is InChI=1S/C22H25NO5/c24-22(15-5-6-19-21(11-15)27-14-26-19)9-7-16(8-10-22)23-12-17-13-25-18-3-1-2-4-20(18)28-17/h1-6,11,16-17,23-24H,7-10,12-14H2/t16?,17-,22?/m0/s1. The highest BCUT2D eigenvalue weighted by atomic mass is 16.7. The lowest BCUT2D eigenvalue weighted by Gasteiger charge is -2.37. The van der Waals surface area contributed by atoms with Crippen molar-refractivity contribution in [2.45, 2.75) is 43.4 Å². The van der Waals surface area contributed by atoms with E-state index in [1.165, 1.54) is 0 Å². The van der Waals surface area contributed by atoms with Gasteiger partial charge in [-0.1, -0.05) is 18.2 Å². The van der Waals surface area contributed by atoms with Gasteiger partial charge in [-0.2, -0.15) is 0 Å². The van der Waals surface area contributed by atoms with Crippen molar-refractivity contribution in [3.05, 3.63) is 48.0 Å². The summed E-state index contributed by atoms with van der Waals surface area (Å²) >= 11 is 0. The average molecular weight is 383 g/mol. The smallest absolute Gasteiger partial charge is 0.231 e. The first-order valence-electron chi connectivity index (χ1n) is 9.94. The Morgan fingerprint density at radius 1 is 0.929 bits per heavy atom. The molecule has 0 radical (unpaired) electrons. The Kier molecular flexibility index (Phi) is 4.53. The van der Waals surface area contributed by atoms with Crippen molar-refractivity contribution in [3.63, 3.8) is 0 Å². The molecular weight excluding hydrogens is 358 g/mol. The van der Waals surface area contributed by atoms with Crippen LogP contribution in [0.4, 0.5) is 0 Å². The van der Waals surface area contributed by atoms with Gasteiger partial charge in [0.15, 0.2) is 23.0 Å². The second-order valence-corrected chi connectivity index (χ2v) is 7.78. The molecule has 6 nitrogen and oxygen atoms in total. The van der Waals surface area contributed by atoms with Crippen LogP contribution in [0.15, 0.2) is 42.5 Å². The fourth-order valence-corrected chi connectivity index (χ4v) is 4.24. The molecule has 2 N–H and O–H groups in total. The normalized spacial score (nSPS) is 28.2. The van der Waals surface area contributed by atoms with Gasteiger partial charge in [0.1, 0.15) is 12.7 Å². The van der Waals surface area contributed by atoms with Crippen LogP contribution in [-0.2, 0) is 5.60 Å². The Balaban J connectivity index is 1.14. The van der Waals surface area contributed by atoms with Crippen LogP contribution in [-0.4, -0.2) is 37.2 Å². The Labute approximate surface area is 164 Å². The van der Waals surface area contributed by atoms with Gasteiger partial charge in [-0.3, -0.25) is 0 Å². The molecule has 2 heterocycles. The Hall–Kier alpha value is -2.44. The van der Waals surface area contributed by atoms with E-state index in [0.29, 0.717) is 12.6 Å². The van der Waals surface area contributed by atoms with Gasteiger partial charge in [-0.25, -0.2) is 0 Å². The largest absolute Gasteiger partial charge is 0.486 e. The predicted octanol–water partition coefficient (Wildman–Crippen LogP) is 2.98. The van der Waals surface area contributed by atoms with Crippen LogP contribution < -0.4 is 24.3 Å². The second-order valence-electron chi connectivity index (χ2n) is 7.78. The number of para-hydroxylation sites is 2. The minimum Gasteiger partial charge on any atom is -0.486 e. The zero-order chi connectivity index (χ0) is 19.0. The third-order valence-corrected chi connectivity index (χ3v) is 5.92. The second kappa shape index (κ2) is 7.18. The highest BCUT2D eigenvalue weighted by Gasteiger charge is 2.36. The molecule has 3 aliphatic rings. The number of benzene rings is 2. The van der Waals surface area contributed by atoms with E-state index in [-0.39, 0.29) is 12.9 Å². The Morgan fingerprint density at radius 2 is 1.68 bits per heavy atom. The molecular formula is C22H25NO5. The topological polar surface area (TPSA) is 69.2 Å². The Bertz CT molecular complexity index is 847. The summed E-state index contributed by atoms with van der Waals surface area (Å²) in [7, 11) is 0. The van der Waals surface area contributed by atoms with Crippen LogP contribution >= 0.6 is 0 Å². The SMILES string of the molecule is OC1(c2ccc3c(c2)OCO3)CCC(NC[C@H]2COc3ccccc3O2)CC1. The van der Waals surface area contributed by atoms with Crippen molar-refractivity contribution in [3.8, 4) is 23.0 Å². The maximum atomic E-state index is 11.1. The highest BCUT2D eigenvalue weighted by molar-refractivity contribution is 5.46. The summed E-state index contributed by atoms with van der Waals surface area (Å²) in [6.45, 7) is 1.54. The number of fused-ring (bicyclic) bond motifs is 2. The average Bonchev–Trinajstić information content (AvgIpc) is 3.21. The molecule has 1 atom stereocenters.